The first kappa shape index (κ1) is 17.0. The molecule has 0 aliphatic heterocycles. The molecule has 1 aromatic carbocycles. The summed E-state index contributed by atoms with van der Waals surface area (Å²) in [7, 11) is 3.75. The van der Waals surface area contributed by atoms with E-state index in [4.69, 9.17) is 4.74 Å². The van der Waals surface area contributed by atoms with E-state index in [1.54, 1.807) is 0 Å². The molecule has 122 valence electrons. The van der Waals surface area contributed by atoms with Crippen LogP contribution in [0, 0.1) is 0 Å². The highest BCUT2D eigenvalue weighted by molar-refractivity contribution is 5.77. The van der Waals surface area contributed by atoms with Gasteiger partial charge >= 0.3 is 0 Å². The van der Waals surface area contributed by atoms with Crippen LogP contribution in [0.5, 0.6) is 0 Å². The zero-order valence-corrected chi connectivity index (χ0v) is 13.8. The zero-order chi connectivity index (χ0) is 15.8. The molecule has 0 radical (unpaired) electrons. The van der Waals surface area contributed by atoms with Gasteiger partial charge in [-0.25, -0.2) is 0 Å². The number of methoxy groups -OCH3 is 1. The Bertz CT molecular complexity index is 470. The molecule has 1 fully saturated rings. The van der Waals surface area contributed by atoms with Gasteiger partial charge in [0, 0.05) is 26.2 Å². The van der Waals surface area contributed by atoms with Crippen LogP contribution in [0.1, 0.15) is 43.2 Å². The monoisotopic (exact) mass is 304 g/mol. The highest BCUT2D eigenvalue weighted by Gasteiger charge is 2.18. The molecule has 0 unspecified atom stereocenters. The molecule has 1 aliphatic rings. The molecule has 2 rings (SSSR count). The Morgan fingerprint density at radius 2 is 1.91 bits per heavy atom. The van der Waals surface area contributed by atoms with Crippen LogP contribution in [0.25, 0.3) is 0 Å². The highest BCUT2D eigenvalue weighted by Crippen LogP contribution is 2.23. The van der Waals surface area contributed by atoms with Crippen molar-refractivity contribution in [2.45, 2.75) is 51.2 Å². The third-order valence-corrected chi connectivity index (χ3v) is 4.49. The zero-order valence-electron chi connectivity index (χ0n) is 13.8. The summed E-state index contributed by atoms with van der Waals surface area (Å²) in [4.78, 5) is 14.0. The number of nitrogens with one attached hydrogen (secondary N) is 1. The smallest absolute Gasteiger partial charge is 0.246 e. The van der Waals surface area contributed by atoms with Gasteiger partial charge in [-0.3, -0.25) is 9.69 Å². The fourth-order valence-corrected chi connectivity index (χ4v) is 3.18. The molecule has 0 bridgehead atoms. The van der Waals surface area contributed by atoms with Crippen molar-refractivity contribution in [2.24, 2.45) is 0 Å². The minimum atomic E-state index is -0.0714. The van der Waals surface area contributed by atoms with Crippen molar-refractivity contribution in [3.05, 3.63) is 35.4 Å². The van der Waals surface area contributed by atoms with E-state index in [9.17, 15) is 4.79 Å². The van der Waals surface area contributed by atoms with Gasteiger partial charge in [0.2, 0.25) is 5.91 Å². The number of nitrogens with zero attached hydrogens (tertiary/aromatic N) is 1. The van der Waals surface area contributed by atoms with Crippen molar-refractivity contribution in [3.63, 3.8) is 0 Å². The van der Waals surface area contributed by atoms with E-state index >= 15 is 0 Å². The Balaban J connectivity index is 1.93. The van der Waals surface area contributed by atoms with E-state index in [2.05, 4.69) is 35.5 Å². The number of rotatable bonds is 7. The summed E-state index contributed by atoms with van der Waals surface area (Å²) in [6.45, 7) is 1.63. The van der Waals surface area contributed by atoms with Crippen molar-refractivity contribution in [3.8, 4) is 0 Å². The van der Waals surface area contributed by atoms with Gasteiger partial charge in [0.05, 0.1) is 0 Å². The number of amides is 1. The first-order valence-corrected chi connectivity index (χ1v) is 8.23. The van der Waals surface area contributed by atoms with Gasteiger partial charge in [-0.1, -0.05) is 43.5 Å². The number of ether oxygens (including phenoxy) is 1. The summed E-state index contributed by atoms with van der Waals surface area (Å²) < 4.78 is 4.85. The Labute approximate surface area is 133 Å². The standard InChI is InChI=1S/C18H28N2O2/c1-20(17-10-4-3-5-11-17)13-16-9-7-6-8-15(16)12-19-18(21)14-22-2/h6-9,17H,3-5,10-14H2,1-2H3,(H,19,21). The summed E-state index contributed by atoms with van der Waals surface area (Å²) in [6.07, 6.45) is 6.70. The minimum absolute atomic E-state index is 0.0714. The number of hydrogen-bond acceptors (Lipinski definition) is 3. The molecule has 0 spiro atoms. The van der Waals surface area contributed by atoms with Crippen LogP contribution in [0.2, 0.25) is 0 Å². The third-order valence-electron chi connectivity index (χ3n) is 4.49. The fourth-order valence-electron chi connectivity index (χ4n) is 3.18. The average molecular weight is 304 g/mol. The molecule has 4 nitrogen and oxygen atoms in total. The lowest BCUT2D eigenvalue weighted by Crippen LogP contribution is -2.33. The molecule has 0 atom stereocenters. The van der Waals surface area contributed by atoms with Gasteiger partial charge in [-0.15, -0.1) is 0 Å². The second kappa shape index (κ2) is 8.91. The van der Waals surface area contributed by atoms with E-state index in [1.165, 1.54) is 50.3 Å². The average Bonchev–Trinajstić information content (AvgIpc) is 2.55. The molecular weight excluding hydrogens is 276 g/mol. The quantitative estimate of drug-likeness (QED) is 0.842. The Kier molecular flexibility index (Phi) is 6.87. The second-order valence-electron chi connectivity index (χ2n) is 6.19. The van der Waals surface area contributed by atoms with Gasteiger partial charge in [0.25, 0.3) is 0 Å². The molecule has 22 heavy (non-hydrogen) atoms. The van der Waals surface area contributed by atoms with Gasteiger partial charge < -0.3 is 10.1 Å². The second-order valence-corrected chi connectivity index (χ2v) is 6.19. The molecule has 1 saturated carbocycles. The maximum absolute atomic E-state index is 11.6. The number of carbonyl (C=O) groups excluding carboxylic acids is 1. The van der Waals surface area contributed by atoms with Crippen molar-refractivity contribution in [1.29, 1.82) is 0 Å². The number of carbonyl (C=O) groups is 1. The first-order valence-electron chi connectivity index (χ1n) is 8.23. The normalized spacial score (nSPS) is 16.0. The van der Waals surface area contributed by atoms with Crippen molar-refractivity contribution in [1.82, 2.24) is 10.2 Å². The molecule has 0 saturated heterocycles. The topological polar surface area (TPSA) is 41.6 Å². The number of hydrogen-bond donors (Lipinski definition) is 1. The van der Waals surface area contributed by atoms with Crippen LogP contribution < -0.4 is 5.32 Å². The number of benzene rings is 1. The molecule has 4 heteroatoms. The molecular formula is C18H28N2O2. The summed E-state index contributed by atoms with van der Waals surface area (Å²) in [5.74, 6) is -0.0714. The Hall–Kier alpha value is -1.39. The largest absolute Gasteiger partial charge is 0.375 e. The first-order chi connectivity index (χ1) is 10.7. The summed E-state index contributed by atoms with van der Waals surface area (Å²) in [6, 6.07) is 9.06. The van der Waals surface area contributed by atoms with E-state index in [0.29, 0.717) is 12.6 Å². The molecule has 1 aliphatic carbocycles. The minimum Gasteiger partial charge on any atom is -0.375 e. The lowest BCUT2D eigenvalue weighted by Gasteiger charge is -2.31. The summed E-state index contributed by atoms with van der Waals surface area (Å²) >= 11 is 0. The lowest BCUT2D eigenvalue weighted by atomic mass is 9.94. The van der Waals surface area contributed by atoms with Crippen LogP contribution in [0.4, 0.5) is 0 Å². The predicted molar refractivity (Wildman–Crippen MR) is 88.5 cm³/mol. The van der Waals surface area contributed by atoms with Gasteiger partial charge in [-0.05, 0) is 31.0 Å². The highest BCUT2D eigenvalue weighted by atomic mass is 16.5. The van der Waals surface area contributed by atoms with E-state index in [1.807, 2.05) is 6.07 Å². The Morgan fingerprint density at radius 1 is 1.23 bits per heavy atom. The molecule has 0 heterocycles. The van der Waals surface area contributed by atoms with Crippen molar-refractivity contribution < 1.29 is 9.53 Å². The van der Waals surface area contributed by atoms with Crippen LogP contribution in [0.3, 0.4) is 0 Å². The van der Waals surface area contributed by atoms with Crippen LogP contribution >= 0.6 is 0 Å². The van der Waals surface area contributed by atoms with Gasteiger partial charge in [0.1, 0.15) is 6.61 Å². The van der Waals surface area contributed by atoms with Gasteiger partial charge in [-0.2, -0.15) is 0 Å². The van der Waals surface area contributed by atoms with Crippen LogP contribution in [0.15, 0.2) is 24.3 Å². The maximum Gasteiger partial charge on any atom is 0.246 e. The predicted octanol–water partition coefficient (Wildman–Crippen LogP) is 2.71. The van der Waals surface area contributed by atoms with Crippen molar-refractivity contribution in [2.75, 3.05) is 20.8 Å². The van der Waals surface area contributed by atoms with E-state index in [-0.39, 0.29) is 12.5 Å². The lowest BCUT2D eigenvalue weighted by molar-refractivity contribution is -0.124. The Morgan fingerprint density at radius 3 is 2.59 bits per heavy atom. The van der Waals surface area contributed by atoms with E-state index in [0.717, 1.165) is 6.54 Å². The van der Waals surface area contributed by atoms with Crippen molar-refractivity contribution >= 4 is 5.91 Å². The summed E-state index contributed by atoms with van der Waals surface area (Å²) in [5, 5.41) is 2.91. The van der Waals surface area contributed by atoms with Crippen LogP contribution in [-0.2, 0) is 22.6 Å². The fraction of sp³-hybridized carbons (Fsp3) is 0.611. The van der Waals surface area contributed by atoms with Crippen LogP contribution in [-0.4, -0.2) is 37.6 Å². The third kappa shape index (κ3) is 5.11. The SMILES string of the molecule is COCC(=O)NCc1ccccc1CN(C)C1CCCCC1. The molecule has 1 N–H and O–H groups in total. The molecule has 0 aromatic heterocycles. The van der Waals surface area contributed by atoms with Gasteiger partial charge in [0.15, 0.2) is 0 Å². The summed E-state index contributed by atoms with van der Waals surface area (Å²) in [5.41, 5.74) is 2.49. The van der Waals surface area contributed by atoms with E-state index < -0.39 is 0 Å². The maximum atomic E-state index is 11.6. The molecule has 1 amide bonds. The molecule has 1 aromatic rings.